The molecule has 7 aromatic carbocycles. The summed E-state index contributed by atoms with van der Waals surface area (Å²) in [4.78, 5) is 0. The Morgan fingerprint density at radius 3 is 1.29 bits per heavy atom. The van der Waals surface area contributed by atoms with E-state index in [4.69, 9.17) is 0 Å². The van der Waals surface area contributed by atoms with Crippen LogP contribution in [0.3, 0.4) is 0 Å². The molecule has 0 N–H and O–H groups in total. The molecule has 41 heavy (non-hydrogen) atoms. The zero-order valence-corrected chi connectivity index (χ0v) is 26.5. The summed E-state index contributed by atoms with van der Waals surface area (Å²) in [5, 5.41) is 5.13. The van der Waals surface area contributed by atoms with Gasteiger partial charge in [-0.2, -0.15) is 0 Å². The lowest BCUT2D eigenvalue weighted by atomic mass is 9.82. The summed E-state index contributed by atoms with van der Waals surface area (Å²) in [6.45, 7) is 0. The summed E-state index contributed by atoms with van der Waals surface area (Å²) in [6, 6.07) is 46.6. The van der Waals surface area contributed by atoms with Crippen LogP contribution < -0.4 is 0 Å². The van der Waals surface area contributed by atoms with Gasteiger partial charge in [0, 0.05) is 13.4 Å². The Kier molecular flexibility index (Phi) is 6.03. The zero-order valence-electron chi connectivity index (χ0n) is 21.8. The van der Waals surface area contributed by atoms with Gasteiger partial charge in [0.05, 0.1) is 0 Å². The third-order valence-electron chi connectivity index (χ3n) is 8.19. The van der Waals surface area contributed by atoms with Crippen molar-refractivity contribution in [3.8, 4) is 55.6 Å². The van der Waals surface area contributed by atoms with Crippen LogP contribution in [0, 0.1) is 0 Å². The van der Waals surface area contributed by atoms with Crippen LogP contribution in [0.25, 0.3) is 77.2 Å². The molecular weight excluding hydrogens is 696 g/mol. The van der Waals surface area contributed by atoms with Crippen molar-refractivity contribution >= 4 is 69.3 Å². The molecule has 0 heterocycles. The highest BCUT2D eigenvalue weighted by molar-refractivity contribution is 9.11. The molecule has 0 saturated carbocycles. The lowest BCUT2D eigenvalue weighted by Gasteiger charge is -2.21. The lowest BCUT2D eigenvalue weighted by molar-refractivity contribution is 1.58. The number of halogens is 3. The zero-order chi connectivity index (χ0) is 27.7. The number of benzene rings is 7. The second kappa shape index (κ2) is 9.80. The van der Waals surface area contributed by atoms with Gasteiger partial charge in [0.2, 0.25) is 0 Å². The van der Waals surface area contributed by atoms with Gasteiger partial charge >= 0.3 is 0 Å². The number of fused-ring (bicyclic) bond motifs is 4. The molecule has 0 radical (unpaired) electrons. The second-order valence-electron chi connectivity index (χ2n) is 10.5. The third kappa shape index (κ3) is 4.06. The Bertz CT molecular complexity index is 2140. The topological polar surface area (TPSA) is 0 Å². The standard InChI is InChI=1S/C38H21Br3/c39-27-14-7-22(8-15-27)26-13-20-30-33(21-26)36(25-11-18-29(41)19-12-25)38-32-6-2-4-23-3-1-5-31(34(23)32)37(38)35(30)24-9-16-28(40)17-10-24/h1-21H. The van der Waals surface area contributed by atoms with Gasteiger partial charge in [-0.15, -0.1) is 0 Å². The van der Waals surface area contributed by atoms with Gasteiger partial charge in [0.25, 0.3) is 0 Å². The minimum Gasteiger partial charge on any atom is -0.0610 e. The highest BCUT2D eigenvalue weighted by Crippen LogP contribution is 2.57. The number of hydrogen-bond acceptors (Lipinski definition) is 0. The minimum atomic E-state index is 1.08. The van der Waals surface area contributed by atoms with E-state index >= 15 is 0 Å². The summed E-state index contributed by atoms with van der Waals surface area (Å²) >= 11 is 10.9. The second-order valence-corrected chi connectivity index (χ2v) is 13.2. The highest BCUT2D eigenvalue weighted by atomic mass is 79.9. The smallest absolute Gasteiger partial charge is 0.0175 e. The number of rotatable bonds is 3. The summed E-state index contributed by atoms with van der Waals surface area (Å²) in [5.41, 5.74) is 12.7. The van der Waals surface area contributed by atoms with Gasteiger partial charge in [0.1, 0.15) is 0 Å². The van der Waals surface area contributed by atoms with Gasteiger partial charge in [0.15, 0.2) is 0 Å². The van der Waals surface area contributed by atoms with Crippen molar-refractivity contribution in [1.29, 1.82) is 0 Å². The van der Waals surface area contributed by atoms with Crippen molar-refractivity contribution in [3.05, 3.63) is 141 Å². The average molecular weight is 717 g/mol. The van der Waals surface area contributed by atoms with Gasteiger partial charge in [-0.1, -0.05) is 133 Å². The SMILES string of the molecule is Brc1ccc(-c2ccc3c(-c4ccc(Br)cc4)c4c(c(-c5ccc(Br)cc5)c3c2)-c2cccc3cccc-4c23)cc1. The Balaban J connectivity index is 1.58. The molecule has 0 unspecified atom stereocenters. The van der Waals surface area contributed by atoms with E-state index in [0.29, 0.717) is 0 Å². The maximum Gasteiger partial charge on any atom is 0.0175 e. The van der Waals surface area contributed by atoms with E-state index in [0.717, 1.165) is 13.4 Å². The molecular formula is C38H21Br3. The molecule has 0 saturated heterocycles. The average Bonchev–Trinajstić information content (AvgIpc) is 3.33. The molecule has 0 fully saturated rings. The fourth-order valence-corrected chi connectivity index (χ4v) is 7.23. The largest absolute Gasteiger partial charge is 0.0610 e. The van der Waals surface area contributed by atoms with Gasteiger partial charge < -0.3 is 0 Å². The van der Waals surface area contributed by atoms with E-state index in [1.165, 1.54) is 77.2 Å². The van der Waals surface area contributed by atoms with Crippen LogP contribution in [-0.4, -0.2) is 0 Å². The van der Waals surface area contributed by atoms with E-state index in [-0.39, 0.29) is 0 Å². The molecule has 1 aliphatic carbocycles. The quantitative estimate of drug-likeness (QED) is 0.171. The monoisotopic (exact) mass is 714 g/mol. The summed E-state index contributed by atoms with van der Waals surface area (Å²) in [6.07, 6.45) is 0. The summed E-state index contributed by atoms with van der Waals surface area (Å²) in [7, 11) is 0. The Morgan fingerprint density at radius 1 is 0.341 bits per heavy atom. The van der Waals surface area contributed by atoms with Crippen molar-refractivity contribution in [2.75, 3.05) is 0 Å². The molecule has 0 spiro atoms. The van der Waals surface area contributed by atoms with E-state index in [1.54, 1.807) is 0 Å². The Hall–Kier alpha value is -3.50. The van der Waals surface area contributed by atoms with Crippen molar-refractivity contribution in [2.24, 2.45) is 0 Å². The van der Waals surface area contributed by atoms with Crippen LogP contribution in [0.2, 0.25) is 0 Å². The summed E-state index contributed by atoms with van der Waals surface area (Å²) < 4.78 is 3.24. The highest BCUT2D eigenvalue weighted by Gasteiger charge is 2.30. The van der Waals surface area contributed by atoms with E-state index in [2.05, 4.69) is 175 Å². The normalized spacial score (nSPS) is 11.8. The Labute approximate surface area is 264 Å². The van der Waals surface area contributed by atoms with Crippen LogP contribution >= 0.6 is 47.8 Å². The molecule has 1 aliphatic rings. The first-order valence-corrected chi connectivity index (χ1v) is 15.9. The van der Waals surface area contributed by atoms with Crippen LogP contribution in [0.5, 0.6) is 0 Å². The van der Waals surface area contributed by atoms with E-state index in [1.807, 2.05) is 0 Å². The third-order valence-corrected chi connectivity index (χ3v) is 9.78. The molecule has 0 amide bonds. The van der Waals surface area contributed by atoms with Crippen LogP contribution in [0.15, 0.2) is 141 Å². The maximum absolute atomic E-state index is 3.67. The van der Waals surface area contributed by atoms with Crippen molar-refractivity contribution in [3.63, 3.8) is 0 Å². The van der Waals surface area contributed by atoms with Gasteiger partial charge in [-0.3, -0.25) is 0 Å². The molecule has 0 aromatic heterocycles. The van der Waals surface area contributed by atoms with Crippen LogP contribution in [0.4, 0.5) is 0 Å². The fourth-order valence-electron chi connectivity index (χ4n) is 6.44. The first-order chi connectivity index (χ1) is 20.1. The predicted molar refractivity (Wildman–Crippen MR) is 185 cm³/mol. The molecule has 194 valence electrons. The molecule has 0 aliphatic heterocycles. The first-order valence-electron chi connectivity index (χ1n) is 13.5. The molecule has 0 nitrogen and oxygen atoms in total. The van der Waals surface area contributed by atoms with Crippen molar-refractivity contribution in [2.45, 2.75) is 0 Å². The molecule has 8 rings (SSSR count). The van der Waals surface area contributed by atoms with E-state index < -0.39 is 0 Å². The lowest BCUT2D eigenvalue weighted by Crippen LogP contribution is -1.94. The number of hydrogen-bond donors (Lipinski definition) is 0. The maximum atomic E-state index is 3.67. The molecule has 0 atom stereocenters. The molecule has 7 aromatic rings. The predicted octanol–water partition coefficient (Wildman–Crippen LogP) is 12.9. The van der Waals surface area contributed by atoms with Crippen LogP contribution in [-0.2, 0) is 0 Å². The van der Waals surface area contributed by atoms with Crippen LogP contribution in [0.1, 0.15) is 0 Å². The minimum absolute atomic E-state index is 1.08. The first kappa shape index (κ1) is 25.2. The van der Waals surface area contributed by atoms with Crippen molar-refractivity contribution in [1.82, 2.24) is 0 Å². The van der Waals surface area contributed by atoms with Gasteiger partial charge in [-0.25, -0.2) is 0 Å². The Morgan fingerprint density at radius 2 is 0.780 bits per heavy atom. The molecule has 0 bridgehead atoms. The fraction of sp³-hybridized carbons (Fsp3) is 0. The summed E-state index contributed by atoms with van der Waals surface area (Å²) in [5.74, 6) is 0. The van der Waals surface area contributed by atoms with E-state index in [9.17, 15) is 0 Å². The van der Waals surface area contributed by atoms with Gasteiger partial charge in [-0.05, 0) is 120 Å². The molecule has 3 heteroatoms. The van der Waals surface area contributed by atoms with Crippen molar-refractivity contribution < 1.29 is 0 Å².